The monoisotopic (exact) mass is 467 g/mol. The van der Waals surface area contributed by atoms with Gasteiger partial charge < -0.3 is 11.1 Å². The molecule has 4 bridgehead atoms. The van der Waals surface area contributed by atoms with Gasteiger partial charge in [-0.2, -0.15) is 0 Å². The molecule has 174 valence electrons. The molecule has 5 aliphatic carbocycles. The van der Waals surface area contributed by atoms with Crippen LogP contribution in [0.4, 0.5) is 8.78 Å². The van der Waals surface area contributed by atoms with Gasteiger partial charge in [0, 0.05) is 18.0 Å². The zero-order valence-corrected chi connectivity index (χ0v) is 18.4. The summed E-state index contributed by atoms with van der Waals surface area (Å²) in [4.78, 5) is 24.9. The minimum Gasteiger partial charge on any atom is -0.369 e. The number of hydrogen-bond acceptors (Lipinski definition) is 4. The third kappa shape index (κ3) is 3.51. The molecule has 0 spiro atoms. The van der Waals surface area contributed by atoms with E-state index in [4.69, 9.17) is 5.73 Å². The molecular weight excluding hydrogens is 440 g/mol. The number of rotatable bonds is 7. The molecule has 0 aromatic heterocycles. The summed E-state index contributed by atoms with van der Waals surface area (Å²) >= 11 is 0. The van der Waals surface area contributed by atoms with E-state index in [1.165, 1.54) is 0 Å². The van der Waals surface area contributed by atoms with Gasteiger partial charge in [0.15, 0.2) is 11.6 Å². The lowest BCUT2D eigenvalue weighted by Gasteiger charge is -2.59. The Bertz CT molecular complexity index is 1070. The van der Waals surface area contributed by atoms with Crippen molar-refractivity contribution in [2.45, 2.75) is 55.9 Å². The van der Waals surface area contributed by atoms with Crippen LogP contribution in [0, 0.1) is 40.2 Å². The maximum absolute atomic E-state index is 13.4. The normalized spacial score (nSPS) is 34.3. The van der Waals surface area contributed by atoms with Crippen LogP contribution in [0.2, 0.25) is 0 Å². The minimum absolute atomic E-state index is 0.0215. The molecule has 3 unspecified atom stereocenters. The van der Waals surface area contributed by atoms with E-state index in [1.807, 2.05) is 0 Å². The van der Waals surface area contributed by atoms with E-state index < -0.39 is 32.5 Å². The number of halogens is 2. The Labute approximate surface area is 185 Å². The Morgan fingerprint density at radius 1 is 1.06 bits per heavy atom. The fourth-order valence-electron chi connectivity index (χ4n) is 6.46. The van der Waals surface area contributed by atoms with Crippen LogP contribution < -0.4 is 15.8 Å². The van der Waals surface area contributed by atoms with Crippen molar-refractivity contribution in [3.63, 3.8) is 0 Å². The van der Waals surface area contributed by atoms with Gasteiger partial charge in [-0.3, -0.25) is 9.59 Å². The summed E-state index contributed by atoms with van der Waals surface area (Å²) in [7, 11) is -4.08. The fourth-order valence-corrected chi connectivity index (χ4v) is 7.60. The molecule has 1 aromatic rings. The third-order valence-corrected chi connectivity index (χ3v) is 9.63. The Kier molecular flexibility index (Phi) is 4.91. The zero-order chi connectivity index (χ0) is 22.9. The molecule has 0 saturated heterocycles. The highest BCUT2D eigenvalue weighted by molar-refractivity contribution is 7.89. The predicted molar refractivity (Wildman–Crippen MR) is 110 cm³/mol. The van der Waals surface area contributed by atoms with Crippen LogP contribution in [-0.4, -0.2) is 32.8 Å². The third-order valence-electron chi connectivity index (χ3n) is 8.23. The van der Waals surface area contributed by atoms with Crippen LogP contribution in [0.25, 0.3) is 0 Å². The van der Waals surface area contributed by atoms with E-state index >= 15 is 0 Å². The smallest absolute Gasteiger partial charge is 0.240 e. The van der Waals surface area contributed by atoms with Gasteiger partial charge in [0.25, 0.3) is 0 Å². The number of carbonyl (C=O) groups excluding carboxylic acids is 2. The summed E-state index contributed by atoms with van der Waals surface area (Å²) < 4.78 is 54.0. The largest absolute Gasteiger partial charge is 0.369 e. The van der Waals surface area contributed by atoms with Crippen molar-refractivity contribution in [3.8, 4) is 0 Å². The number of sulfonamides is 1. The molecule has 32 heavy (non-hydrogen) atoms. The molecule has 0 radical (unpaired) electrons. The first kappa shape index (κ1) is 21.8. The SMILES string of the molecule is NC(=O)C12CC3CC(C1)[C@H](NC(=O)C1(CNS(=O)(=O)c4ccc(F)c(F)c4)CC1)[C@H](C3)C2. The van der Waals surface area contributed by atoms with E-state index in [2.05, 4.69) is 10.0 Å². The van der Waals surface area contributed by atoms with Crippen molar-refractivity contribution in [1.29, 1.82) is 0 Å². The molecule has 10 heteroatoms. The molecule has 0 heterocycles. The number of carbonyl (C=O) groups is 2. The van der Waals surface area contributed by atoms with Crippen molar-refractivity contribution in [3.05, 3.63) is 29.8 Å². The van der Waals surface area contributed by atoms with Crippen molar-refractivity contribution in [1.82, 2.24) is 10.0 Å². The summed E-state index contributed by atoms with van der Waals surface area (Å²) in [5.41, 5.74) is 4.46. The fraction of sp³-hybridized carbons (Fsp3) is 0.636. The Balaban J connectivity index is 1.25. The van der Waals surface area contributed by atoms with Gasteiger partial charge in [-0.25, -0.2) is 21.9 Å². The average molecular weight is 468 g/mol. The molecule has 6 rings (SSSR count). The van der Waals surface area contributed by atoms with E-state index in [0.29, 0.717) is 37.7 Å². The van der Waals surface area contributed by atoms with E-state index in [-0.39, 0.29) is 41.1 Å². The minimum atomic E-state index is -4.08. The van der Waals surface area contributed by atoms with Crippen LogP contribution in [0.1, 0.15) is 44.9 Å². The highest BCUT2D eigenvalue weighted by atomic mass is 32.2. The molecule has 1 aromatic carbocycles. The molecule has 5 atom stereocenters. The molecule has 4 N–H and O–H groups in total. The van der Waals surface area contributed by atoms with Crippen LogP contribution in [0.5, 0.6) is 0 Å². The Morgan fingerprint density at radius 3 is 2.28 bits per heavy atom. The summed E-state index contributed by atoms with van der Waals surface area (Å²) in [6.45, 7) is -0.101. The van der Waals surface area contributed by atoms with Gasteiger partial charge >= 0.3 is 0 Å². The molecule has 7 nitrogen and oxygen atoms in total. The predicted octanol–water partition coefficient (Wildman–Crippen LogP) is 1.82. The second kappa shape index (κ2) is 7.21. The Morgan fingerprint density at radius 2 is 1.72 bits per heavy atom. The zero-order valence-electron chi connectivity index (χ0n) is 17.6. The first-order valence-electron chi connectivity index (χ1n) is 11.1. The highest BCUT2D eigenvalue weighted by Gasteiger charge is 2.59. The maximum atomic E-state index is 13.4. The van der Waals surface area contributed by atoms with Crippen molar-refractivity contribution in [2.75, 3.05) is 6.54 Å². The summed E-state index contributed by atoms with van der Waals surface area (Å²) in [6.07, 6.45) is 5.32. The van der Waals surface area contributed by atoms with E-state index in [0.717, 1.165) is 31.4 Å². The molecule has 5 aliphatic rings. The van der Waals surface area contributed by atoms with Crippen LogP contribution in [0.15, 0.2) is 23.1 Å². The summed E-state index contributed by atoms with van der Waals surface area (Å²) in [5, 5.41) is 3.18. The van der Waals surface area contributed by atoms with Gasteiger partial charge in [0.1, 0.15) is 0 Å². The van der Waals surface area contributed by atoms with E-state index in [9.17, 15) is 26.8 Å². The van der Waals surface area contributed by atoms with Crippen molar-refractivity contribution in [2.24, 2.45) is 34.3 Å². The van der Waals surface area contributed by atoms with Gasteiger partial charge in [0.05, 0.1) is 10.3 Å². The lowest BCUT2D eigenvalue weighted by Crippen LogP contribution is -2.62. The van der Waals surface area contributed by atoms with Gasteiger partial charge in [-0.15, -0.1) is 0 Å². The van der Waals surface area contributed by atoms with Crippen molar-refractivity contribution < 1.29 is 26.8 Å². The molecular formula is C22H27F2N3O4S. The van der Waals surface area contributed by atoms with Crippen LogP contribution >= 0.6 is 0 Å². The molecule has 5 saturated carbocycles. The van der Waals surface area contributed by atoms with Gasteiger partial charge in [-0.1, -0.05) is 0 Å². The van der Waals surface area contributed by atoms with E-state index in [1.54, 1.807) is 0 Å². The number of benzene rings is 1. The van der Waals surface area contributed by atoms with Gasteiger partial charge in [0.2, 0.25) is 21.8 Å². The van der Waals surface area contributed by atoms with Crippen LogP contribution in [-0.2, 0) is 19.6 Å². The first-order valence-corrected chi connectivity index (χ1v) is 12.6. The summed E-state index contributed by atoms with van der Waals surface area (Å²) in [5.74, 6) is -1.88. The topological polar surface area (TPSA) is 118 Å². The second-order valence-electron chi connectivity index (χ2n) is 10.3. The number of nitrogens with one attached hydrogen (secondary N) is 2. The van der Waals surface area contributed by atoms with Crippen LogP contribution in [0.3, 0.4) is 0 Å². The Hall–Kier alpha value is -2.07. The maximum Gasteiger partial charge on any atom is 0.240 e. The lowest BCUT2D eigenvalue weighted by atomic mass is 9.47. The van der Waals surface area contributed by atoms with Gasteiger partial charge in [-0.05, 0) is 80.9 Å². The number of nitrogens with two attached hydrogens (primary N) is 1. The lowest BCUT2D eigenvalue weighted by molar-refractivity contribution is -0.148. The summed E-state index contributed by atoms with van der Waals surface area (Å²) in [6, 6.07) is 2.35. The molecule has 5 fully saturated rings. The number of primary amides is 1. The molecule has 2 amide bonds. The average Bonchev–Trinajstić information content (AvgIpc) is 3.52. The second-order valence-corrected chi connectivity index (χ2v) is 12.1. The number of hydrogen-bond donors (Lipinski definition) is 3. The molecule has 0 aliphatic heterocycles. The highest BCUT2D eigenvalue weighted by Crippen LogP contribution is 2.60. The first-order chi connectivity index (χ1) is 15.0. The quantitative estimate of drug-likeness (QED) is 0.567. The number of amides is 2. The standard InChI is InChI=1S/C22H27F2N3O4S/c23-16-2-1-15(7-17(16)24)32(30,31)26-11-21(3-4-21)20(29)27-18-13-5-12-6-14(18)10-22(8-12,9-13)19(25)28/h1-2,7,12-14,18,26H,3-6,8-11H2,(H2,25,28)(H,27,29)/t12?,13-,14?,18-,22?/m1/s1. The van der Waals surface area contributed by atoms with Crippen molar-refractivity contribution >= 4 is 21.8 Å².